The number of nitrogens with one attached hydrogen (secondary N) is 1. The molecule has 1 nitrogen and oxygen atoms in total. The van der Waals surface area contributed by atoms with E-state index in [0.717, 1.165) is 5.70 Å². The third kappa shape index (κ3) is 3.38. The molecule has 98 valence electrons. The van der Waals surface area contributed by atoms with Crippen LogP contribution in [0.15, 0.2) is 30.8 Å². The van der Waals surface area contributed by atoms with E-state index in [1.165, 1.54) is 43.2 Å². The number of benzene rings is 1. The first kappa shape index (κ1) is 13.2. The zero-order chi connectivity index (χ0) is 13.0. The van der Waals surface area contributed by atoms with Crippen LogP contribution in [0.25, 0.3) is 5.70 Å². The Labute approximate surface area is 111 Å². The molecule has 0 aliphatic heterocycles. The van der Waals surface area contributed by atoms with Crippen LogP contribution in [0.5, 0.6) is 0 Å². The van der Waals surface area contributed by atoms with Gasteiger partial charge in [-0.05, 0) is 29.9 Å². The van der Waals surface area contributed by atoms with Gasteiger partial charge in [-0.1, -0.05) is 64.0 Å². The summed E-state index contributed by atoms with van der Waals surface area (Å²) < 4.78 is 0. The molecule has 0 saturated heterocycles. The second-order valence-electron chi connectivity index (χ2n) is 5.73. The van der Waals surface area contributed by atoms with Crippen molar-refractivity contribution in [3.05, 3.63) is 42.0 Å². The smallest absolute Gasteiger partial charge is 0.0342 e. The average Bonchev–Trinajstić information content (AvgIpc) is 2.40. The molecule has 0 aromatic heterocycles. The summed E-state index contributed by atoms with van der Waals surface area (Å²) in [5, 5.41) is 3.59. The fourth-order valence-electron chi connectivity index (χ4n) is 2.65. The van der Waals surface area contributed by atoms with E-state index in [0.29, 0.717) is 12.0 Å². The third-order valence-electron chi connectivity index (χ3n) is 3.91. The lowest BCUT2D eigenvalue weighted by atomic mass is 9.94. The molecule has 0 spiro atoms. The molecule has 0 radical (unpaired) electrons. The normalized spacial score (nSPS) is 16.8. The zero-order valence-corrected chi connectivity index (χ0v) is 11.7. The van der Waals surface area contributed by atoms with Crippen LogP contribution in [0, 0.1) is 0 Å². The standard InChI is InChI=1S/C17H25N/c1-13(2)15-9-11-16(12-10-15)14(3)18-17-7-5-4-6-8-17/h9-13,17-18H,3-8H2,1-2H3. The van der Waals surface area contributed by atoms with Gasteiger partial charge in [-0.3, -0.25) is 0 Å². The molecule has 1 heteroatoms. The molecular weight excluding hydrogens is 218 g/mol. The van der Waals surface area contributed by atoms with Gasteiger partial charge in [0.05, 0.1) is 0 Å². The van der Waals surface area contributed by atoms with Gasteiger partial charge in [0, 0.05) is 11.7 Å². The van der Waals surface area contributed by atoms with Gasteiger partial charge in [0.25, 0.3) is 0 Å². The number of rotatable bonds is 4. The largest absolute Gasteiger partial charge is 0.382 e. The lowest BCUT2D eigenvalue weighted by Gasteiger charge is -2.25. The van der Waals surface area contributed by atoms with Crippen molar-refractivity contribution in [3.63, 3.8) is 0 Å². The van der Waals surface area contributed by atoms with Crippen LogP contribution in [0.1, 0.15) is 63.0 Å². The van der Waals surface area contributed by atoms with Gasteiger partial charge in [-0.15, -0.1) is 0 Å². The second kappa shape index (κ2) is 6.08. The maximum absolute atomic E-state index is 4.18. The van der Waals surface area contributed by atoms with E-state index < -0.39 is 0 Å². The van der Waals surface area contributed by atoms with Crippen molar-refractivity contribution in [1.29, 1.82) is 0 Å². The Balaban J connectivity index is 1.95. The third-order valence-corrected chi connectivity index (χ3v) is 3.91. The van der Waals surface area contributed by atoms with E-state index in [2.05, 4.69) is 50.0 Å². The molecule has 1 aromatic carbocycles. The van der Waals surface area contributed by atoms with Crippen molar-refractivity contribution >= 4 is 5.70 Å². The topological polar surface area (TPSA) is 12.0 Å². The predicted molar refractivity (Wildman–Crippen MR) is 79.6 cm³/mol. The molecule has 1 aromatic rings. The minimum absolute atomic E-state index is 0.596. The molecule has 2 rings (SSSR count). The maximum Gasteiger partial charge on any atom is 0.0342 e. The van der Waals surface area contributed by atoms with Crippen LogP contribution >= 0.6 is 0 Å². The van der Waals surface area contributed by atoms with Crippen molar-refractivity contribution in [1.82, 2.24) is 5.32 Å². The maximum atomic E-state index is 4.18. The van der Waals surface area contributed by atoms with Gasteiger partial charge < -0.3 is 5.32 Å². The first-order valence-corrected chi connectivity index (χ1v) is 7.22. The van der Waals surface area contributed by atoms with Crippen LogP contribution in [0.2, 0.25) is 0 Å². The highest BCUT2D eigenvalue weighted by Crippen LogP contribution is 2.21. The van der Waals surface area contributed by atoms with Crippen molar-refractivity contribution in [2.45, 2.75) is 57.9 Å². The van der Waals surface area contributed by atoms with E-state index in [4.69, 9.17) is 0 Å². The molecule has 1 aliphatic rings. The van der Waals surface area contributed by atoms with Gasteiger partial charge >= 0.3 is 0 Å². The van der Waals surface area contributed by atoms with Crippen molar-refractivity contribution < 1.29 is 0 Å². The highest BCUT2D eigenvalue weighted by Gasteiger charge is 2.13. The minimum Gasteiger partial charge on any atom is -0.382 e. The van der Waals surface area contributed by atoms with E-state index >= 15 is 0 Å². The van der Waals surface area contributed by atoms with Crippen LogP contribution in [-0.4, -0.2) is 6.04 Å². The first-order chi connectivity index (χ1) is 8.66. The van der Waals surface area contributed by atoms with Crippen molar-refractivity contribution in [2.75, 3.05) is 0 Å². The van der Waals surface area contributed by atoms with Gasteiger partial charge in [0.15, 0.2) is 0 Å². The fourth-order valence-corrected chi connectivity index (χ4v) is 2.65. The summed E-state index contributed by atoms with van der Waals surface area (Å²) in [4.78, 5) is 0. The van der Waals surface area contributed by atoms with Crippen molar-refractivity contribution in [3.8, 4) is 0 Å². The molecule has 0 atom stereocenters. The Kier molecular flexibility index (Phi) is 4.46. The molecule has 0 amide bonds. The van der Waals surface area contributed by atoms with E-state index in [9.17, 15) is 0 Å². The monoisotopic (exact) mass is 243 g/mol. The molecule has 1 N–H and O–H groups in total. The van der Waals surface area contributed by atoms with Gasteiger partial charge in [-0.2, -0.15) is 0 Å². The molecule has 1 aliphatic carbocycles. The Hall–Kier alpha value is -1.24. The predicted octanol–water partition coefficient (Wildman–Crippen LogP) is 4.70. The summed E-state index contributed by atoms with van der Waals surface area (Å²) in [7, 11) is 0. The summed E-state index contributed by atoms with van der Waals surface area (Å²) in [6, 6.07) is 9.44. The minimum atomic E-state index is 0.596. The van der Waals surface area contributed by atoms with Gasteiger partial charge in [0.1, 0.15) is 0 Å². The van der Waals surface area contributed by atoms with E-state index in [1.54, 1.807) is 0 Å². The van der Waals surface area contributed by atoms with Crippen LogP contribution in [-0.2, 0) is 0 Å². The first-order valence-electron chi connectivity index (χ1n) is 7.22. The Bertz CT molecular complexity index is 383. The second-order valence-corrected chi connectivity index (χ2v) is 5.73. The Morgan fingerprint density at radius 1 is 1.11 bits per heavy atom. The highest BCUT2D eigenvalue weighted by molar-refractivity contribution is 5.62. The average molecular weight is 243 g/mol. The SMILES string of the molecule is C=C(NC1CCCCC1)c1ccc(C(C)C)cc1. The molecular formula is C17H25N. The lowest BCUT2D eigenvalue weighted by molar-refractivity contribution is 0.409. The molecule has 0 bridgehead atoms. The lowest BCUT2D eigenvalue weighted by Crippen LogP contribution is -2.29. The Morgan fingerprint density at radius 2 is 1.72 bits per heavy atom. The summed E-state index contributed by atoms with van der Waals surface area (Å²) in [6.45, 7) is 8.64. The molecule has 18 heavy (non-hydrogen) atoms. The highest BCUT2D eigenvalue weighted by atomic mass is 14.9. The quantitative estimate of drug-likeness (QED) is 0.808. The zero-order valence-electron chi connectivity index (χ0n) is 11.7. The summed E-state index contributed by atoms with van der Waals surface area (Å²) in [5.74, 6) is 0.596. The molecule has 0 heterocycles. The molecule has 1 fully saturated rings. The number of hydrogen-bond donors (Lipinski definition) is 1. The molecule has 0 unspecified atom stereocenters. The van der Waals surface area contributed by atoms with Crippen LogP contribution in [0.3, 0.4) is 0 Å². The fraction of sp³-hybridized carbons (Fsp3) is 0.529. The number of hydrogen-bond acceptors (Lipinski definition) is 1. The summed E-state index contributed by atoms with van der Waals surface area (Å²) in [6.07, 6.45) is 6.70. The van der Waals surface area contributed by atoms with Crippen LogP contribution < -0.4 is 5.32 Å². The molecule has 1 saturated carbocycles. The Morgan fingerprint density at radius 3 is 2.28 bits per heavy atom. The summed E-state index contributed by atoms with van der Waals surface area (Å²) in [5.41, 5.74) is 3.70. The van der Waals surface area contributed by atoms with Gasteiger partial charge in [-0.25, -0.2) is 0 Å². The summed E-state index contributed by atoms with van der Waals surface area (Å²) >= 11 is 0. The van der Waals surface area contributed by atoms with E-state index in [-0.39, 0.29) is 0 Å². The van der Waals surface area contributed by atoms with Crippen molar-refractivity contribution in [2.24, 2.45) is 0 Å². The van der Waals surface area contributed by atoms with Crippen LogP contribution in [0.4, 0.5) is 0 Å². The van der Waals surface area contributed by atoms with E-state index in [1.807, 2.05) is 0 Å². The van der Waals surface area contributed by atoms with Gasteiger partial charge in [0.2, 0.25) is 0 Å².